The van der Waals surface area contributed by atoms with Gasteiger partial charge in [-0.3, -0.25) is 0 Å². The van der Waals surface area contributed by atoms with E-state index in [1.807, 2.05) is 18.2 Å². The number of anilines is 5. The summed E-state index contributed by atoms with van der Waals surface area (Å²) < 4.78 is 25.9. The number of nitrogens with zero attached hydrogens (tertiary/aromatic N) is 4. The first-order chi connectivity index (χ1) is 20.0. The lowest BCUT2D eigenvalue weighted by atomic mass is 10.1. The quantitative estimate of drug-likeness (QED) is 0.216. The molecule has 1 aromatic heterocycles. The van der Waals surface area contributed by atoms with Crippen LogP contribution in [0.5, 0.6) is 11.5 Å². The number of hydrogen-bond donors (Lipinski definition) is 3. The topological polar surface area (TPSA) is 107 Å². The average molecular weight is 574 g/mol. The van der Waals surface area contributed by atoms with Crippen LogP contribution in [0.15, 0.2) is 66.9 Å². The van der Waals surface area contributed by atoms with E-state index >= 15 is 0 Å². The average Bonchev–Trinajstić information content (AvgIpc) is 2.99. The third kappa shape index (κ3) is 6.43. The van der Waals surface area contributed by atoms with Crippen molar-refractivity contribution in [1.29, 1.82) is 5.26 Å². The molecule has 0 spiro atoms. The Labute approximate surface area is 242 Å². The smallest absolute Gasteiger partial charge is 0.229 e. The van der Waals surface area contributed by atoms with Crippen LogP contribution in [0.1, 0.15) is 24.2 Å². The van der Waals surface area contributed by atoms with E-state index in [0.29, 0.717) is 28.8 Å². The molecule has 0 bridgehead atoms. The van der Waals surface area contributed by atoms with Crippen LogP contribution in [0, 0.1) is 17.1 Å². The summed E-state index contributed by atoms with van der Waals surface area (Å²) in [6.45, 7) is 5.37. The molecule has 5 rings (SSSR count). The summed E-state index contributed by atoms with van der Waals surface area (Å²) in [6.07, 6.45) is 0.852. The molecule has 11 heteroatoms. The molecule has 4 aromatic rings. The second kappa shape index (κ2) is 12.7. The number of methoxy groups -OCH3 is 1. The highest BCUT2D eigenvalue weighted by atomic mass is 35.5. The van der Waals surface area contributed by atoms with Gasteiger partial charge in [-0.2, -0.15) is 10.2 Å². The second-order valence-electron chi connectivity index (χ2n) is 9.34. The Morgan fingerprint density at radius 3 is 2.63 bits per heavy atom. The molecule has 2 heterocycles. The SMILES string of the molecule is COc1cc(Nc2ncc(Cl)c(Nc3cccc(OC(C)c4ccccc4F)c3C#N)n2)ccc1N1CCNCC1. The minimum atomic E-state index is -0.619. The normalized spacial score (nSPS) is 13.7. The van der Waals surface area contributed by atoms with Crippen molar-refractivity contribution in [3.8, 4) is 17.6 Å². The molecule has 0 radical (unpaired) electrons. The van der Waals surface area contributed by atoms with Crippen molar-refractivity contribution in [2.45, 2.75) is 13.0 Å². The van der Waals surface area contributed by atoms with Gasteiger partial charge < -0.3 is 30.3 Å². The second-order valence-corrected chi connectivity index (χ2v) is 9.74. The van der Waals surface area contributed by atoms with Crippen LogP contribution >= 0.6 is 11.6 Å². The third-order valence-corrected chi connectivity index (χ3v) is 6.95. The summed E-state index contributed by atoms with van der Waals surface area (Å²) in [5.41, 5.74) is 2.81. The molecule has 1 aliphatic rings. The number of nitrogens with one attached hydrogen (secondary N) is 3. The Morgan fingerprint density at radius 2 is 1.88 bits per heavy atom. The fraction of sp³-hybridized carbons (Fsp3) is 0.233. The van der Waals surface area contributed by atoms with Crippen molar-refractivity contribution < 1.29 is 13.9 Å². The van der Waals surface area contributed by atoms with Crippen LogP contribution in [0.4, 0.5) is 33.2 Å². The predicted octanol–water partition coefficient (Wildman–Crippen LogP) is 6.19. The number of aromatic nitrogens is 2. The van der Waals surface area contributed by atoms with Crippen molar-refractivity contribution in [3.05, 3.63) is 88.8 Å². The predicted molar refractivity (Wildman–Crippen MR) is 158 cm³/mol. The van der Waals surface area contributed by atoms with Gasteiger partial charge in [0.15, 0.2) is 5.82 Å². The summed E-state index contributed by atoms with van der Waals surface area (Å²) >= 11 is 6.42. The van der Waals surface area contributed by atoms with Crippen LogP contribution < -0.4 is 30.3 Å². The summed E-state index contributed by atoms with van der Waals surface area (Å²) in [6, 6.07) is 19.5. The van der Waals surface area contributed by atoms with E-state index in [2.05, 4.69) is 36.9 Å². The van der Waals surface area contributed by atoms with E-state index in [9.17, 15) is 9.65 Å². The number of ether oxygens (including phenoxy) is 2. The van der Waals surface area contributed by atoms with Gasteiger partial charge in [-0.25, -0.2) is 9.37 Å². The molecule has 3 N–H and O–H groups in total. The first-order valence-corrected chi connectivity index (χ1v) is 13.5. The monoisotopic (exact) mass is 573 g/mol. The highest BCUT2D eigenvalue weighted by molar-refractivity contribution is 6.33. The lowest BCUT2D eigenvalue weighted by Gasteiger charge is -2.30. The Balaban J connectivity index is 1.36. The van der Waals surface area contributed by atoms with Gasteiger partial charge >= 0.3 is 0 Å². The fourth-order valence-electron chi connectivity index (χ4n) is 4.60. The van der Waals surface area contributed by atoms with Crippen molar-refractivity contribution >= 4 is 40.4 Å². The fourth-order valence-corrected chi connectivity index (χ4v) is 4.74. The Hall–Kier alpha value is -4.59. The van der Waals surface area contributed by atoms with E-state index in [-0.39, 0.29) is 16.4 Å². The molecule has 1 fully saturated rings. The zero-order valence-electron chi connectivity index (χ0n) is 22.6. The molecule has 1 saturated heterocycles. The maximum atomic E-state index is 14.3. The molecule has 41 heavy (non-hydrogen) atoms. The first-order valence-electron chi connectivity index (χ1n) is 13.1. The van der Waals surface area contributed by atoms with Crippen LogP contribution in [-0.2, 0) is 0 Å². The van der Waals surface area contributed by atoms with Crippen molar-refractivity contribution in [1.82, 2.24) is 15.3 Å². The van der Waals surface area contributed by atoms with E-state index in [0.717, 1.165) is 43.3 Å². The molecular weight excluding hydrogens is 545 g/mol. The van der Waals surface area contributed by atoms with E-state index in [1.54, 1.807) is 50.4 Å². The molecule has 1 aliphatic heterocycles. The van der Waals surface area contributed by atoms with Crippen molar-refractivity contribution in [3.63, 3.8) is 0 Å². The van der Waals surface area contributed by atoms with Crippen molar-refractivity contribution in [2.75, 3.05) is 48.8 Å². The number of hydrogen-bond acceptors (Lipinski definition) is 9. The minimum Gasteiger partial charge on any atom is -0.495 e. The van der Waals surface area contributed by atoms with Gasteiger partial charge in [0.2, 0.25) is 5.95 Å². The Morgan fingerprint density at radius 1 is 1.07 bits per heavy atom. The van der Waals surface area contributed by atoms with Crippen LogP contribution in [0.3, 0.4) is 0 Å². The van der Waals surface area contributed by atoms with Gasteiger partial charge in [-0.1, -0.05) is 35.9 Å². The minimum absolute atomic E-state index is 0.230. The number of halogens is 2. The summed E-state index contributed by atoms with van der Waals surface area (Å²) in [5.74, 6) is 1.26. The largest absolute Gasteiger partial charge is 0.495 e. The standard InChI is InChI=1S/C30H29ClFN7O2/c1-19(21-6-3-4-7-24(21)32)41-27-9-5-8-25(22(27)17-33)37-29-23(31)18-35-30(38-29)36-20-10-11-26(28(16-20)40-2)39-14-12-34-13-15-39/h3-11,16,18-19,34H,12-15H2,1-2H3,(H2,35,36,37,38). The summed E-state index contributed by atoms with van der Waals surface area (Å²) in [5, 5.41) is 19.9. The number of benzene rings is 3. The molecule has 9 nitrogen and oxygen atoms in total. The van der Waals surface area contributed by atoms with E-state index in [1.165, 1.54) is 12.3 Å². The summed E-state index contributed by atoms with van der Waals surface area (Å²) in [4.78, 5) is 11.1. The lowest BCUT2D eigenvalue weighted by Crippen LogP contribution is -2.43. The summed E-state index contributed by atoms with van der Waals surface area (Å²) in [7, 11) is 1.65. The molecule has 0 aliphatic carbocycles. The van der Waals surface area contributed by atoms with Gasteiger partial charge in [0.05, 0.1) is 24.7 Å². The maximum Gasteiger partial charge on any atom is 0.229 e. The van der Waals surface area contributed by atoms with Gasteiger partial charge in [0, 0.05) is 43.5 Å². The number of piperazine rings is 1. The first kappa shape index (κ1) is 28.0. The molecule has 210 valence electrons. The maximum absolute atomic E-state index is 14.3. The Kier molecular flexibility index (Phi) is 8.67. The zero-order valence-corrected chi connectivity index (χ0v) is 23.4. The van der Waals surface area contributed by atoms with E-state index < -0.39 is 6.10 Å². The molecule has 0 amide bonds. The lowest BCUT2D eigenvalue weighted by molar-refractivity contribution is 0.221. The Bertz CT molecular complexity index is 1570. The highest BCUT2D eigenvalue weighted by Gasteiger charge is 2.18. The molecule has 0 saturated carbocycles. The van der Waals surface area contributed by atoms with Crippen LogP contribution in [-0.4, -0.2) is 43.3 Å². The van der Waals surface area contributed by atoms with Gasteiger partial charge in [-0.05, 0) is 37.3 Å². The molecular formula is C30H29ClFN7O2. The number of nitriles is 1. The van der Waals surface area contributed by atoms with Gasteiger partial charge in [-0.15, -0.1) is 0 Å². The third-order valence-electron chi connectivity index (χ3n) is 6.68. The molecule has 3 aromatic carbocycles. The molecule has 1 unspecified atom stereocenters. The molecule has 1 atom stereocenters. The van der Waals surface area contributed by atoms with Crippen LogP contribution in [0.2, 0.25) is 5.02 Å². The van der Waals surface area contributed by atoms with Gasteiger partial charge in [0.25, 0.3) is 0 Å². The van der Waals surface area contributed by atoms with Crippen LogP contribution in [0.25, 0.3) is 0 Å². The zero-order chi connectivity index (χ0) is 28.8. The number of rotatable bonds is 9. The van der Waals surface area contributed by atoms with Crippen molar-refractivity contribution in [2.24, 2.45) is 0 Å². The van der Waals surface area contributed by atoms with E-state index in [4.69, 9.17) is 21.1 Å². The van der Waals surface area contributed by atoms with Gasteiger partial charge in [0.1, 0.15) is 40.1 Å². The highest BCUT2D eigenvalue weighted by Crippen LogP contribution is 2.35.